The van der Waals surface area contributed by atoms with E-state index in [0.29, 0.717) is 11.4 Å². The highest BCUT2D eigenvalue weighted by atomic mass is 14.6. The highest BCUT2D eigenvalue weighted by molar-refractivity contribution is 6.23. The number of nitrogens with one attached hydrogen (secondary N) is 1. The van der Waals surface area contributed by atoms with Crippen LogP contribution in [-0.4, -0.2) is 5.71 Å². The van der Waals surface area contributed by atoms with Crippen molar-refractivity contribution in [1.82, 2.24) is 0 Å². The number of hydrogen-bond acceptors (Lipinski definition) is 2. The summed E-state index contributed by atoms with van der Waals surface area (Å²) in [4.78, 5) is 0. The molecular weight excluding hydrogens is 641 g/mol. The van der Waals surface area contributed by atoms with Crippen LogP contribution >= 0.6 is 0 Å². The van der Waals surface area contributed by atoms with E-state index in [1.54, 1.807) is 0 Å². The Morgan fingerprint density at radius 1 is 0.453 bits per heavy atom. The quantitative estimate of drug-likeness (QED) is 0.107. The fourth-order valence-corrected chi connectivity index (χ4v) is 9.33. The number of anilines is 1. The Kier molecular flexibility index (Phi) is 6.96. The van der Waals surface area contributed by atoms with Crippen molar-refractivity contribution in [2.45, 2.75) is 12.3 Å². The van der Waals surface area contributed by atoms with E-state index in [9.17, 15) is 0 Å². The highest BCUT2D eigenvalue weighted by Gasteiger charge is 2.53. The minimum atomic E-state index is -0.365. The molecule has 9 aromatic carbocycles. The molecule has 0 heterocycles. The van der Waals surface area contributed by atoms with E-state index in [4.69, 9.17) is 11.1 Å². The molecule has 0 radical (unpaired) electrons. The molecule has 11 rings (SSSR count). The van der Waals surface area contributed by atoms with Crippen LogP contribution in [-0.2, 0) is 5.41 Å². The Hall–Kier alpha value is -6.77. The van der Waals surface area contributed by atoms with E-state index in [1.165, 1.54) is 82.4 Å². The Bertz CT molecular complexity index is 2890. The molecule has 0 bridgehead atoms. The van der Waals surface area contributed by atoms with Crippen LogP contribution in [0, 0.1) is 12.3 Å². The van der Waals surface area contributed by atoms with E-state index in [2.05, 4.69) is 134 Å². The molecule has 0 atom stereocenters. The van der Waals surface area contributed by atoms with Gasteiger partial charge in [0.15, 0.2) is 0 Å². The summed E-state index contributed by atoms with van der Waals surface area (Å²) < 4.78 is 0. The Morgan fingerprint density at radius 2 is 0.925 bits per heavy atom. The van der Waals surface area contributed by atoms with Crippen LogP contribution < -0.4 is 5.73 Å². The third-order valence-electron chi connectivity index (χ3n) is 11.5. The standard InChI is InChI=1S/C38H24.C13H12N2/c1-23-22-34-35(29-17-5-2-12-24(23)29)36-30-18-6-3-13-25(30)26-14-4-7-19-31(26)37(36)38(34)32-20-10-8-15-27(32)28-16-9-11-21-33(28)38;14-12-9-5-4-8-11(12)13(15)10-6-2-1-3-7-10/h2-22H,1H3;1-9,15H,14H2. The molecule has 9 aromatic rings. The minimum absolute atomic E-state index is 0.365. The number of fused-ring (bicyclic) bond motifs is 17. The second kappa shape index (κ2) is 11.9. The predicted molar refractivity (Wildman–Crippen MR) is 223 cm³/mol. The van der Waals surface area contributed by atoms with Crippen LogP contribution in [0.25, 0.3) is 54.6 Å². The summed E-state index contributed by atoms with van der Waals surface area (Å²) in [6.45, 7) is 2.28. The highest BCUT2D eigenvalue weighted by Crippen LogP contribution is 2.66. The Labute approximate surface area is 309 Å². The molecule has 2 aliphatic carbocycles. The Morgan fingerprint density at radius 3 is 1.57 bits per heavy atom. The van der Waals surface area contributed by atoms with Crippen LogP contribution in [0.3, 0.4) is 0 Å². The van der Waals surface area contributed by atoms with E-state index >= 15 is 0 Å². The summed E-state index contributed by atoms with van der Waals surface area (Å²) in [7, 11) is 0. The molecule has 53 heavy (non-hydrogen) atoms. The van der Waals surface area contributed by atoms with Crippen molar-refractivity contribution < 1.29 is 0 Å². The average molecular weight is 677 g/mol. The van der Waals surface area contributed by atoms with Gasteiger partial charge in [0.05, 0.1) is 11.1 Å². The lowest BCUT2D eigenvalue weighted by atomic mass is 9.68. The second-order valence-electron chi connectivity index (χ2n) is 14.2. The number of nitrogens with two attached hydrogens (primary N) is 1. The maximum atomic E-state index is 8.03. The molecule has 3 N–H and O–H groups in total. The van der Waals surface area contributed by atoms with Gasteiger partial charge in [-0.15, -0.1) is 0 Å². The predicted octanol–water partition coefficient (Wildman–Crippen LogP) is 12.5. The SMILES string of the molecule is Cc1cc2c(c3ccccc13)-c1c(c3ccccc3c3ccccc13)C21c2ccccc2-c2ccccc21.N=C(c1ccccc1)c1ccccc1N. The van der Waals surface area contributed by atoms with Gasteiger partial charge in [-0.25, -0.2) is 0 Å². The van der Waals surface area contributed by atoms with Gasteiger partial charge in [0, 0.05) is 16.8 Å². The van der Waals surface area contributed by atoms with Gasteiger partial charge in [-0.3, -0.25) is 5.41 Å². The molecule has 2 nitrogen and oxygen atoms in total. The van der Waals surface area contributed by atoms with Gasteiger partial charge < -0.3 is 5.73 Å². The molecule has 250 valence electrons. The first kappa shape index (κ1) is 31.0. The van der Waals surface area contributed by atoms with Crippen molar-refractivity contribution in [2.75, 3.05) is 5.73 Å². The van der Waals surface area contributed by atoms with Gasteiger partial charge in [0.25, 0.3) is 0 Å². The average Bonchev–Trinajstić information content (AvgIpc) is 3.69. The summed E-state index contributed by atoms with van der Waals surface area (Å²) in [5.74, 6) is 0. The summed E-state index contributed by atoms with van der Waals surface area (Å²) in [6, 6.07) is 64.8. The fourth-order valence-electron chi connectivity index (χ4n) is 9.33. The Balaban J connectivity index is 0.000000197. The number of hydrogen-bond donors (Lipinski definition) is 2. The van der Waals surface area contributed by atoms with Crippen molar-refractivity contribution in [3.05, 3.63) is 221 Å². The topological polar surface area (TPSA) is 49.9 Å². The molecule has 0 aromatic heterocycles. The second-order valence-corrected chi connectivity index (χ2v) is 14.2. The smallest absolute Gasteiger partial charge is 0.0732 e. The largest absolute Gasteiger partial charge is 0.398 e. The molecular formula is C51H36N2. The monoisotopic (exact) mass is 676 g/mol. The van der Waals surface area contributed by atoms with Gasteiger partial charge in [0.2, 0.25) is 0 Å². The lowest BCUT2D eigenvalue weighted by Crippen LogP contribution is -2.26. The normalized spacial score (nSPS) is 12.9. The van der Waals surface area contributed by atoms with Gasteiger partial charge in [0.1, 0.15) is 0 Å². The van der Waals surface area contributed by atoms with Crippen LogP contribution in [0.4, 0.5) is 5.69 Å². The molecule has 0 aliphatic heterocycles. The lowest BCUT2D eigenvalue weighted by Gasteiger charge is -2.32. The zero-order chi connectivity index (χ0) is 35.7. The van der Waals surface area contributed by atoms with E-state index < -0.39 is 0 Å². The zero-order valence-corrected chi connectivity index (χ0v) is 29.4. The third kappa shape index (κ3) is 4.36. The van der Waals surface area contributed by atoms with Gasteiger partial charge in [-0.2, -0.15) is 0 Å². The first-order valence-corrected chi connectivity index (χ1v) is 18.2. The molecule has 0 saturated heterocycles. The number of para-hydroxylation sites is 1. The molecule has 0 unspecified atom stereocenters. The molecule has 0 fully saturated rings. The van der Waals surface area contributed by atoms with E-state index in [-0.39, 0.29) is 5.41 Å². The number of nitrogen functional groups attached to an aromatic ring is 1. The van der Waals surface area contributed by atoms with Crippen LogP contribution in [0.15, 0.2) is 182 Å². The summed E-state index contributed by atoms with van der Waals surface area (Å²) >= 11 is 0. The maximum Gasteiger partial charge on any atom is 0.0732 e. The molecule has 2 aliphatic rings. The molecule has 0 saturated carbocycles. The number of benzene rings is 9. The third-order valence-corrected chi connectivity index (χ3v) is 11.5. The number of rotatable bonds is 2. The lowest BCUT2D eigenvalue weighted by molar-refractivity contribution is 0.801. The van der Waals surface area contributed by atoms with Gasteiger partial charge in [-0.05, 0) is 95.4 Å². The zero-order valence-electron chi connectivity index (χ0n) is 29.4. The van der Waals surface area contributed by atoms with Crippen molar-refractivity contribution in [3.8, 4) is 22.3 Å². The molecule has 1 spiro atoms. The first-order chi connectivity index (χ1) is 26.1. The van der Waals surface area contributed by atoms with Crippen LogP contribution in [0.5, 0.6) is 0 Å². The van der Waals surface area contributed by atoms with Crippen LogP contribution in [0.2, 0.25) is 0 Å². The van der Waals surface area contributed by atoms with Gasteiger partial charge in [-0.1, -0.05) is 176 Å². The van der Waals surface area contributed by atoms with Gasteiger partial charge >= 0.3 is 0 Å². The summed E-state index contributed by atoms with van der Waals surface area (Å²) in [5.41, 5.74) is 20.7. The molecule has 2 heteroatoms. The first-order valence-electron chi connectivity index (χ1n) is 18.2. The van der Waals surface area contributed by atoms with Crippen LogP contribution in [0.1, 0.15) is 38.9 Å². The van der Waals surface area contributed by atoms with Crippen molar-refractivity contribution in [3.63, 3.8) is 0 Å². The van der Waals surface area contributed by atoms with Crippen molar-refractivity contribution in [1.29, 1.82) is 5.41 Å². The fraction of sp³-hybridized carbons (Fsp3) is 0.0392. The summed E-state index contributed by atoms with van der Waals surface area (Å²) in [5, 5.41) is 16.1. The minimum Gasteiger partial charge on any atom is -0.398 e. The summed E-state index contributed by atoms with van der Waals surface area (Å²) in [6.07, 6.45) is 0. The van der Waals surface area contributed by atoms with E-state index in [1.807, 2.05) is 54.6 Å². The number of aryl methyl sites for hydroxylation is 1. The molecule has 0 amide bonds. The van der Waals surface area contributed by atoms with Crippen molar-refractivity contribution >= 4 is 43.7 Å². The maximum absolute atomic E-state index is 8.03. The van der Waals surface area contributed by atoms with E-state index in [0.717, 1.165) is 11.1 Å². The van der Waals surface area contributed by atoms with Crippen molar-refractivity contribution in [2.24, 2.45) is 0 Å².